The van der Waals surface area contributed by atoms with E-state index in [2.05, 4.69) is 4.74 Å². The van der Waals surface area contributed by atoms with E-state index in [1.807, 2.05) is 0 Å². The zero-order valence-electron chi connectivity index (χ0n) is 8.24. The maximum atomic E-state index is 12.8. The van der Waals surface area contributed by atoms with Crippen LogP contribution in [0.5, 0.6) is 0 Å². The first kappa shape index (κ1) is 12.6. The van der Waals surface area contributed by atoms with Crippen molar-refractivity contribution >= 4 is 15.8 Å². The molecule has 0 heterocycles. The highest BCUT2D eigenvalue weighted by Gasteiger charge is 2.18. The Kier molecular flexibility index (Phi) is 3.58. The van der Waals surface area contributed by atoms with Crippen molar-refractivity contribution in [2.24, 2.45) is 0 Å². The number of esters is 1. The molecule has 7 heteroatoms. The molecule has 0 bridgehead atoms. The SMILES string of the molecule is CC(=O)OCS(=O)(=O)c1ccc(F)c(F)c1. The van der Waals surface area contributed by atoms with Crippen molar-refractivity contribution in [1.82, 2.24) is 0 Å². The van der Waals surface area contributed by atoms with E-state index in [-0.39, 0.29) is 0 Å². The van der Waals surface area contributed by atoms with Crippen molar-refractivity contribution in [1.29, 1.82) is 0 Å². The van der Waals surface area contributed by atoms with E-state index < -0.39 is 38.3 Å². The third-order valence-electron chi connectivity index (χ3n) is 1.67. The fraction of sp³-hybridized carbons (Fsp3) is 0.222. The first-order valence-corrected chi connectivity index (χ1v) is 5.79. The summed E-state index contributed by atoms with van der Waals surface area (Å²) in [6.07, 6.45) is 0. The molecule has 0 spiro atoms. The predicted octanol–water partition coefficient (Wildman–Crippen LogP) is 1.26. The molecular formula is C9H8F2O4S. The molecule has 16 heavy (non-hydrogen) atoms. The molecule has 0 N–H and O–H groups in total. The van der Waals surface area contributed by atoms with Crippen LogP contribution in [0.15, 0.2) is 23.1 Å². The van der Waals surface area contributed by atoms with E-state index >= 15 is 0 Å². The highest BCUT2D eigenvalue weighted by molar-refractivity contribution is 7.91. The Hall–Kier alpha value is -1.50. The number of halogens is 2. The minimum atomic E-state index is -3.94. The van der Waals surface area contributed by atoms with Crippen LogP contribution >= 0.6 is 0 Å². The Morgan fingerprint density at radius 1 is 1.31 bits per heavy atom. The number of carbonyl (C=O) groups excluding carboxylic acids is 1. The van der Waals surface area contributed by atoms with Gasteiger partial charge in [0.25, 0.3) is 0 Å². The molecule has 0 saturated carbocycles. The standard InChI is InChI=1S/C9H8F2O4S/c1-6(12)15-5-16(13,14)7-2-3-8(10)9(11)4-7/h2-4H,5H2,1H3. The summed E-state index contributed by atoms with van der Waals surface area (Å²) in [4.78, 5) is 9.98. The number of hydrogen-bond acceptors (Lipinski definition) is 4. The van der Waals surface area contributed by atoms with Crippen LogP contribution in [-0.2, 0) is 19.4 Å². The molecule has 0 aromatic heterocycles. The van der Waals surface area contributed by atoms with Crippen molar-refractivity contribution in [3.05, 3.63) is 29.8 Å². The molecule has 0 saturated heterocycles. The lowest BCUT2D eigenvalue weighted by molar-refractivity contribution is -0.138. The van der Waals surface area contributed by atoms with Crippen molar-refractivity contribution in [2.45, 2.75) is 11.8 Å². The second-order valence-electron chi connectivity index (χ2n) is 2.94. The molecule has 1 rings (SSSR count). The van der Waals surface area contributed by atoms with Crippen LogP contribution in [0.3, 0.4) is 0 Å². The number of sulfone groups is 1. The molecule has 0 fully saturated rings. The summed E-state index contributed by atoms with van der Waals surface area (Å²) in [6.45, 7) is 1.04. The first-order chi connectivity index (χ1) is 7.33. The molecule has 0 aliphatic heterocycles. The van der Waals surface area contributed by atoms with Gasteiger partial charge in [0, 0.05) is 6.92 Å². The average Bonchev–Trinajstić information content (AvgIpc) is 2.19. The van der Waals surface area contributed by atoms with Gasteiger partial charge in [-0.2, -0.15) is 0 Å². The fourth-order valence-electron chi connectivity index (χ4n) is 0.899. The summed E-state index contributed by atoms with van der Waals surface area (Å²) in [6, 6.07) is 2.13. The quantitative estimate of drug-likeness (QED) is 0.598. The van der Waals surface area contributed by atoms with Gasteiger partial charge in [-0.25, -0.2) is 17.2 Å². The first-order valence-electron chi connectivity index (χ1n) is 4.14. The Morgan fingerprint density at radius 2 is 1.94 bits per heavy atom. The molecule has 1 aromatic carbocycles. The largest absolute Gasteiger partial charge is 0.449 e. The normalized spacial score (nSPS) is 11.2. The van der Waals surface area contributed by atoms with E-state index in [1.165, 1.54) is 0 Å². The predicted molar refractivity (Wildman–Crippen MR) is 50.2 cm³/mol. The van der Waals surface area contributed by atoms with Crippen LogP contribution in [-0.4, -0.2) is 20.3 Å². The molecule has 0 atom stereocenters. The maximum Gasteiger partial charge on any atom is 0.303 e. The van der Waals surface area contributed by atoms with Crippen LogP contribution in [0.1, 0.15) is 6.92 Å². The Morgan fingerprint density at radius 3 is 2.44 bits per heavy atom. The molecule has 0 aliphatic rings. The lowest BCUT2D eigenvalue weighted by Crippen LogP contribution is -2.13. The monoisotopic (exact) mass is 250 g/mol. The van der Waals surface area contributed by atoms with Gasteiger partial charge in [0.05, 0.1) is 4.90 Å². The molecule has 0 radical (unpaired) electrons. The van der Waals surface area contributed by atoms with Crippen LogP contribution < -0.4 is 0 Å². The van der Waals surface area contributed by atoms with Crippen LogP contribution in [0.25, 0.3) is 0 Å². The van der Waals surface area contributed by atoms with Gasteiger partial charge in [0.2, 0.25) is 9.84 Å². The lowest BCUT2D eigenvalue weighted by atomic mass is 10.3. The van der Waals surface area contributed by atoms with Crippen LogP contribution in [0, 0.1) is 11.6 Å². The zero-order valence-corrected chi connectivity index (χ0v) is 9.05. The van der Waals surface area contributed by atoms with Crippen molar-refractivity contribution in [3.8, 4) is 0 Å². The van der Waals surface area contributed by atoms with Gasteiger partial charge in [0.15, 0.2) is 17.6 Å². The second kappa shape index (κ2) is 4.56. The molecule has 0 amide bonds. The summed E-state index contributed by atoms with van der Waals surface area (Å²) in [7, 11) is -3.94. The van der Waals surface area contributed by atoms with Gasteiger partial charge in [-0.15, -0.1) is 0 Å². The van der Waals surface area contributed by atoms with Crippen LogP contribution in [0.2, 0.25) is 0 Å². The minimum absolute atomic E-state index is 0.437. The average molecular weight is 250 g/mol. The Bertz CT molecular complexity index is 510. The molecule has 1 aromatic rings. The number of hydrogen-bond donors (Lipinski definition) is 0. The highest BCUT2D eigenvalue weighted by Crippen LogP contribution is 2.15. The fourth-order valence-corrected chi connectivity index (χ4v) is 1.91. The van der Waals surface area contributed by atoms with E-state index in [9.17, 15) is 22.0 Å². The Labute approximate surface area is 90.8 Å². The molecule has 4 nitrogen and oxygen atoms in total. The third kappa shape index (κ3) is 2.99. The summed E-state index contributed by atoms with van der Waals surface area (Å²) < 4.78 is 52.5. The topological polar surface area (TPSA) is 60.4 Å². The molecule has 0 unspecified atom stereocenters. The Balaban J connectivity index is 2.99. The minimum Gasteiger partial charge on any atom is -0.449 e. The number of benzene rings is 1. The van der Waals surface area contributed by atoms with E-state index in [0.717, 1.165) is 13.0 Å². The lowest BCUT2D eigenvalue weighted by Gasteiger charge is -2.04. The van der Waals surface area contributed by atoms with Gasteiger partial charge in [-0.05, 0) is 18.2 Å². The zero-order chi connectivity index (χ0) is 12.3. The summed E-state index contributed by atoms with van der Waals surface area (Å²) in [5.74, 6) is -4.09. The van der Waals surface area contributed by atoms with E-state index in [4.69, 9.17) is 0 Å². The molecule has 88 valence electrons. The smallest absolute Gasteiger partial charge is 0.303 e. The molecular weight excluding hydrogens is 242 g/mol. The van der Waals surface area contributed by atoms with Crippen molar-refractivity contribution < 1.29 is 26.7 Å². The van der Waals surface area contributed by atoms with Gasteiger partial charge >= 0.3 is 5.97 Å². The van der Waals surface area contributed by atoms with Crippen molar-refractivity contribution in [2.75, 3.05) is 5.94 Å². The van der Waals surface area contributed by atoms with Gasteiger partial charge in [0.1, 0.15) is 0 Å². The highest BCUT2D eigenvalue weighted by atomic mass is 32.2. The summed E-state index contributed by atoms with van der Waals surface area (Å²) >= 11 is 0. The van der Waals surface area contributed by atoms with Crippen LogP contribution in [0.4, 0.5) is 8.78 Å². The maximum absolute atomic E-state index is 12.8. The van der Waals surface area contributed by atoms with Gasteiger partial charge in [-0.3, -0.25) is 4.79 Å². The third-order valence-corrected chi connectivity index (χ3v) is 3.07. The van der Waals surface area contributed by atoms with E-state index in [0.29, 0.717) is 12.1 Å². The summed E-state index contributed by atoms with van der Waals surface area (Å²) in [5.41, 5.74) is 0. The molecule has 0 aliphatic carbocycles. The number of rotatable bonds is 3. The second-order valence-corrected chi connectivity index (χ2v) is 4.88. The van der Waals surface area contributed by atoms with E-state index in [1.54, 1.807) is 0 Å². The van der Waals surface area contributed by atoms with Gasteiger partial charge < -0.3 is 4.74 Å². The number of ether oxygens (including phenoxy) is 1. The summed E-state index contributed by atoms with van der Waals surface area (Å²) in [5, 5.41) is 0. The number of carbonyl (C=O) groups is 1. The van der Waals surface area contributed by atoms with Crippen molar-refractivity contribution in [3.63, 3.8) is 0 Å². The van der Waals surface area contributed by atoms with Gasteiger partial charge in [-0.1, -0.05) is 0 Å².